The number of hydrogen-bond donors (Lipinski definition) is 2. The number of aromatic nitrogens is 2. The lowest BCUT2D eigenvalue weighted by Gasteiger charge is -2.19. The highest BCUT2D eigenvalue weighted by Crippen LogP contribution is 2.48. The van der Waals surface area contributed by atoms with Crippen LogP contribution < -0.4 is 19.9 Å². The highest BCUT2D eigenvalue weighted by Gasteiger charge is 2.28. The second-order valence-corrected chi connectivity index (χ2v) is 8.21. The molecule has 0 bridgehead atoms. The minimum Gasteiger partial charge on any atom is -0.504 e. The molecule has 0 fully saturated rings. The fourth-order valence-corrected chi connectivity index (χ4v) is 4.26. The van der Waals surface area contributed by atoms with Crippen molar-refractivity contribution in [1.82, 2.24) is 9.97 Å². The number of hydrogen-bond acceptors (Lipinski definition) is 9. The predicted molar refractivity (Wildman–Crippen MR) is 129 cm³/mol. The molecule has 2 aromatic heterocycles. The Balaban J connectivity index is 1.98. The van der Waals surface area contributed by atoms with Crippen LogP contribution in [0.2, 0.25) is 0 Å². The first kappa shape index (κ1) is 23.2. The molecule has 0 radical (unpaired) electrons. The summed E-state index contributed by atoms with van der Waals surface area (Å²) >= 11 is 3.11. The fourth-order valence-electron chi connectivity index (χ4n) is 3.86. The molecule has 1 aliphatic rings. The van der Waals surface area contributed by atoms with E-state index < -0.39 is 5.78 Å². The molecule has 1 aliphatic carbocycles. The third-order valence-electron chi connectivity index (χ3n) is 5.51. The van der Waals surface area contributed by atoms with E-state index in [9.17, 15) is 14.7 Å². The molecule has 3 aromatic rings. The van der Waals surface area contributed by atoms with Crippen LogP contribution in [-0.4, -0.2) is 48.0 Å². The van der Waals surface area contributed by atoms with Gasteiger partial charge in [-0.1, -0.05) is 0 Å². The number of methoxy groups -OCH3 is 3. The normalized spacial score (nSPS) is 12.8. The van der Waals surface area contributed by atoms with Crippen molar-refractivity contribution >= 4 is 33.2 Å². The van der Waals surface area contributed by atoms with Gasteiger partial charge in [-0.25, -0.2) is 9.97 Å². The van der Waals surface area contributed by atoms with Crippen molar-refractivity contribution in [1.29, 1.82) is 0 Å². The molecule has 0 aliphatic heterocycles. The monoisotopic (exact) mass is 525 g/mol. The Bertz CT molecular complexity index is 1400. The zero-order valence-corrected chi connectivity index (χ0v) is 20.3. The topological polar surface area (TPSA) is 134 Å². The quantitative estimate of drug-likeness (QED) is 0.504. The summed E-state index contributed by atoms with van der Waals surface area (Å²) in [6.45, 7) is 1.75. The van der Waals surface area contributed by atoms with E-state index in [4.69, 9.17) is 19.9 Å². The van der Waals surface area contributed by atoms with Gasteiger partial charge in [0.1, 0.15) is 11.4 Å². The largest absolute Gasteiger partial charge is 0.504 e. The van der Waals surface area contributed by atoms with Gasteiger partial charge in [0.05, 0.1) is 42.8 Å². The van der Waals surface area contributed by atoms with Crippen molar-refractivity contribution in [2.45, 2.75) is 6.92 Å². The maximum Gasteiger partial charge on any atom is 0.219 e. The van der Waals surface area contributed by atoms with Gasteiger partial charge in [0.2, 0.25) is 17.4 Å². The molecule has 0 unspecified atom stereocenters. The molecule has 0 saturated carbocycles. The van der Waals surface area contributed by atoms with Crippen LogP contribution >= 0.6 is 15.9 Å². The van der Waals surface area contributed by atoms with E-state index in [0.29, 0.717) is 22.4 Å². The SMILES string of the molecule is COc1ccc(-c2c(C)c(OC)nc(-c3ccc4c(n3)C(=O)C(Br)=CC4=O)c2N)c(O)c1OC. The number of allylic oxidation sites excluding steroid dienone is 2. The summed E-state index contributed by atoms with van der Waals surface area (Å²) in [5.41, 5.74) is 8.80. The molecular formula is C24H20BrN3O6. The van der Waals surface area contributed by atoms with Gasteiger partial charge in [-0.2, -0.15) is 0 Å². The second kappa shape index (κ2) is 8.79. The van der Waals surface area contributed by atoms with Crippen LogP contribution in [0.1, 0.15) is 26.4 Å². The number of ether oxygens (including phenoxy) is 3. The van der Waals surface area contributed by atoms with Crippen LogP contribution in [0.15, 0.2) is 34.8 Å². The van der Waals surface area contributed by atoms with Gasteiger partial charge in [0.25, 0.3) is 0 Å². The Morgan fingerprint density at radius 3 is 2.29 bits per heavy atom. The summed E-state index contributed by atoms with van der Waals surface area (Å²) < 4.78 is 16.2. The Morgan fingerprint density at radius 1 is 0.941 bits per heavy atom. The van der Waals surface area contributed by atoms with Gasteiger partial charge in [0, 0.05) is 22.8 Å². The number of phenols is 1. The van der Waals surface area contributed by atoms with E-state index >= 15 is 0 Å². The maximum atomic E-state index is 12.6. The van der Waals surface area contributed by atoms with E-state index in [1.807, 2.05) is 0 Å². The number of nitrogens with two attached hydrogens (primary N) is 1. The number of nitrogens with zero attached hydrogens (tertiary/aromatic N) is 2. The summed E-state index contributed by atoms with van der Waals surface area (Å²) in [6.07, 6.45) is 1.21. The maximum absolute atomic E-state index is 12.6. The molecule has 34 heavy (non-hydrogen) atoms. The van der Waals surface area contributed by atoms with Crippen molar-refractivity contribution in [3.8, 4) is 45.6 Å². The number of nitrogen functional groups attached to an aromatic ring is 1. The summed E-state index contributed by atoms with van der Waals surface area (Å²) in [6, 6.07) is 6.35. The second-order valence-electron chi connectivity index (χ2n) is 7.36. The highest BCUT2D eigenvalue weighted by atomic mass is 79.9. The summed E-state index contributed by atoms with van der Waals surface area (Å²) in [7, 11) is 4.33. The molecule has 3 N–H and O–H groups in total. The number of rotatable bonds is 5. The summed E-state index contributed by atoms with van der Waals surface area (Å²) in [4.78, 5) is 33.8. The molecule has 0 amide bonds. The zero-order chi connectivity index (χ0) is 24.7. The first-order chi connectivity index (χ1) is 16.2. The molecule has 2 heterocycles. The van der Waals surface area contributed by atoms with Crippen LogP contribution in [0, 0.1) is 6.92 Å². The molecule has 10 heteroatoms. The van der Waals surface area contributed by atoms with E-state index in [1.54, 1.807) is 25.1 Å². The first-order valence-corrected chi connectivity index (χ1v) is 10.8. The van der Waals surface area contributed by atoms with E-state index in [1.165, 1.54) is 33.5 Å². The standard InChI is InChI=1S/C24H20BrN3O6/c1-10-17(12-6-8-16(32-2)23(33-3)21(12)30)18(26)20(28-24(10)34-4)14-7-5-11-15(29)9-13(25)22(31)19(11)27-14/h5-9,30H,26H2,1-4H3. The third kappa shape index (κ3) is 3.56. The van der Waals surface area contributed by atoms with Crippen LogP contribution in [0.3, 0.4) is 0 Å². The Kier molecular flexibility index (Phi) is 6.01. The number of carbonyl (C=O) groups is 2. The van der Waals surface area contributed by atoms with E-state index in [0.717, 1.165) is 0 Å². The van der Waals surface area contributed by atoms with Gasteiger partial charge < -0.3 is 25.1 Å². The summed E-state index contributed by atoms with van der Waals surface area (Å²) in [5, 5.41) is 10.9. The minimum atomic E-state index is -0.424. The Morgan fingerprint density at radius 2 is 1.65 bits per heavy atom. The van der Waals surface area contributed by atoms with Crippen LogP contribution in [0.4, 0.5) is 5.69 Å². The van der Waals surface area contributed by atoms with Crippen LogP contribution in [0.25, 0.3) is 22.5 Å². The molecule has 9 nitrogen and oxygen atoms in total. The average Bonchev–Trinajstić information content (AvgIpc) is 2.83. The molecular weight excluding hydrogens is 506 g/mol. The lowest BCUT2D eigenvalue weighted by atomic mass is 9.95. The lowest BCUT2D eigenvalue weighted by molar-refractivity contribution is 0.0988. The Hall–Kier alpha value is -3.92. The first-order valence-electron chi connectivity index (χ1n) is 9.99. The van der Waals surface area contributed by atoms with Crippen molar-refractivity contribution in [2.24, 2.45) is 0 Å². The number of ketones is 2. The van der Waals surface area contributed by atoms with Crippen LogP contribution in [0.5, 0.6) is 23.1 Å². The third-order valence-corrected chi connectivity index (χ3v) is 6.10. The van der Waals surface area contributed by atoms with Crippen molar-refractivity contribution in [2.75, 3.05) is 27.1 Å². The number of phenolic OH excluding ortho intramolecular Hbond substituents is 1. The van der Waals surface area contributed by atoms with Gasteiger partial charge in [-0.05, 0) is 47.1 Å². The van der Waals surface area contributed by atoms with E-state index in [-0.39, 0.29) is 56.0 Å². The molecule has 1 aromatic carbocycles. The lowest BCUT2D eigenvalue weighted by Crippen LogP contribution is -2.17. The van der Waals surface area contributed by atoms with E-state index in [2.05, 4.69) is 25.9 Å². The number of benzene rings is 1. The van der Waals surface area contributed by atoms with Gasteiger partial charge >= 0.3 is 0 Å². The van der Waals surface area contributed by atoms with Crippen molar-refractivity contribution < 1.29 is 28.9 Å². The van der Waals surface area contributed by atoms with Crippen LogP contribution in [-0.2, 0) is 0 Å². The summed E-state index contributed by atoms with van der Waals surface area (Å²) in [5.74, 6) is -0.200. The van der Waals surface area contributed by atoms with Gasteiger partial charge in [-0.15, -0.1) is 0 Å². The fraction of sp³-hybridized carbons (Fsp3) is 0.167. The number of fused-ring (bicyclic) bond motifs is 1. The van der Waals surface area contributed by atoms with Crippen molar-refractivity contribution in [3.05, 3.63) is 51.6 Å². The number of anilines is 1. The molecule has 4 rings (SSSR count). The van der Waals surface area contributed by atoms with Gasteiger partial charge in [0.15, 0.2) is 17.3 Å². The van der Waals surface area contributed by atoms with Crippen molar-refractivity contribution in [3.63, 3.8) is 0 Å². The highest BCUT2D eigenvalue weighted by molar-refractivity contribution is 9.12. The molecule has 0 atom stereocenters. The number of Topliss-reactive ketones (excluding diaryl/α,β-unsaturated/α-hetero) is 1. The number of halogens is 1. The smallest absolute Gasteiger partial charge is 0.219 e. The zero-order valence-electron chi connectivity index (χ0n) is 18.7. The van der Waals surface area contributed by atoms with Gasteiger partial charge in [-0.3, -0.25) is 9.59 Å². The predicted octanol–water partition coefficient (Wildman–Crippen LogP) is 4.09. The number of pyridine rings is 2. The average molecular weight is 526 g/mol. The molecule has 0 saturated heterocycles. The number of aromatic hydroxyl groups is 1. The minimum absolute atomic E-state index is 0.00636. The molecule has 174 valence electrons. The number of carbonyl (C=O) groups excluding carboxylic acids is 2. The molecule has 0 spiro atoms. The Labute approximate surface area is 203 Å².